The van der Waals surface area contributed by atoms with Crippen LogP contribution in [-0.4, -0.2) is 26.8 Å². The average molecular weight is 347 g/mol. The maximum atomic E-state index is 12.7. The Morgan fingerprint density at radius 1 is 1.50 bits per heavy atom. The first kappa shape index (κ1) is 14.9. The summed E-state index contributed by atoms with van der Waals surface area (Å²) in [5.74, 6) is 4.91. The number of hydrogen-bond acceptors (Lipinski definition) is 2. The molecule has 1 atom stereocenters. The minimum Gasteiger partial charge on any atom is -0.381 e. The molecule has 7 heteroatoms. The van der Waals surface area contributed by atoms with Crippen LogP contribution in [0.25, 0.3) is 5.65 Å². The van der Waals surface area contributed by atoms with Gasteiger partial charge in [0.05, 0.1) is 16.6 Å². The van der Waals surface area contributed by atoms with E-state index in [1.165, 1.54) is 17.5 Å². The molecule has 0 bridgehead atoms. The van der Waals surface area contributed by atoms with E-state index < -0.39 is 18.7 Å². The molecular formula is C13H10BrF3N2O. The largest absolute Gasteiger partial charge is 0.394 e. The lowest BCUT2D eigenvalue weighted by molar-refractivity contribution is -0.128. The molecule has 0 aliphatic carbocycles. The second kappa shape index (κ2) is 5.46. The summed E-state index contributed by atoms with van der Waals surface area (Å²) < 4.78 is 40.0. The molecule has 0 aliphatic rings. The third-order valence-corrected chi connectivity index (χ3v) is 3.09. The molecule has 0 fully saturated rings. The molecule has 0 saturated carbocycles. The number of halogens is 4. The first-order valence-electron chi connectivity index (χ1n) is 5.70. The Labute approximate surface area is 121 Å². The summed E-state index contributed by atoms with van der Waals surface area (Å²) in [5, 5.41) is 9.13. The van der Waals surface area contributed by atoms with E-state index in [9.17, 15) is 13.2 Å². The van der Waals surface area contributed by atoms with Crippen LogP contribution in [0.5, 0.6) is 0 Å². The molecule has 0 unspecified atom stereocenters. The Balaban J connectivity index is 2.64. The Morgan fingerprint density at radius 2 is 2.20 bits per heavy atom. The molecule has 0 amide bonds. The fourth-order valence-electron chi connectivity index (χ4n) is 1.72. The normalized spacial score (nSPS) is 13.1. The summed E-state index contributed by atoms with van der Waals surface area (Å²) in [6.45, 7) is 1.43. The average Bonchev–Trinajstić information content (AvgIpc) is 2.65. The van der Waals surface area contributed by atoms with Crippen molar-refractivity contribution >= 4 is 21.6 Å². The molecule has 3 nitrogen and oxygen atoms in total. The van der Waals surface area contributed by atoms with Gasteiger partial charge in [-0.2, -0.15) is 13.2 Å². The number of aliphatic hydroxyl groups is 1. The van der Waals surface area contributed by atoms with Crippen molar-refractivity contribution in [2.24, 2.45) is 0 Å². The fraction of sp³-hybridized carbons (Fsp3) is 0.308. The van der Waals surface area contributed by atoms with Crippen LogP contribution in [0.15, 0.2) is 22.8 Å². The SMILES string of the molecule is C[C@H](O)C#Cc1nc2c(Br)cccn2c1CC(F)(F)F. The third-order valence-electron chi connectivity index (χ3n) is 2.47. The molecular weight excluding hydrogens is 337 g/mol. The number of hydrogen-bond donors (Lipinski definition) is 1. The monoisotopic (exact) mass is 346 g/mol. The van der Waals surface area contributed by atoms with Gasteiger partial charge in [0.2, 0.25) is 0 Å². The van der Waals surface area contributed by atoms with Gasteiger partial charge in [-0.05, 0) is 40.9 Å². The molecule has 106 valence electrons. The molecule has 0 aliphatic heterocycles. The van der Waals surface area contributed by atoms with Crippen LogP contribution in [-0.2, 0) is 6.42 Å². The minimum absolute atomic E-state index is 0.0233. The van der Waals surface area contributed by atoms with Crippen LogP contribution in [0, 0.1) is 11.8 Å². The van der Waals surface area contributed by atoms with Gasteiger partial charge in [0.1, 0.15) is 11.8 Å². The zero-order valence-corrected chi connectivity index (χ0v) is 12.0. The standard InChI is InChI=1S/C13H10BrF3N2O/c1-8(20)4-5-10-11(7-13(15,16)17)19-6-2-3-9(14)12(19)18-10/h2-3,6,8,20H,7H2,1H3/t8-/m0/s1. The Hall–Kier alpha value is -1.52. The summed E-state index contributed by atoms with van der Waals surface area (Å²) >= 11 is 3.24. The summed E-state index contributed by atoms with van der Waals surface area (Å²) in [6.07, 6.45) is -4.92. The number of aromatic nitrogens is 2. The molecule has 2 rings (SSSR count). The Bertz CT molecular complexity index is 695. The summed E-state index contributed by atoms with van der Waals surface area (Å²) in [4.78, 5) is 4.10. The topological polar surface area (TPSA) is 37.5 Å². The number of pyridine rings is 1. The van der Waals surface area contributed by atoms with Crippen molar-refractivity contribution in [2.45, 2.75) is 25.6 Å². The first-order valence-corrected chi connectivity index (χ1v) is 6.49. The van der Waals surface area contributed by atoms with Crippen LogP contribution in [0.3, 0.4) is 0 Å². The van der Waals surface area contributed by atoms with Crippen molar-refractivity contribution in [3.8, 4) is 11.8 Å². The lowest BCUT2D eigenvalue weighted by Crippen LogP contribution is -2.14. The number of imidazole rings is 1. The first-order chi connectivity index (χ1) is 9.28. The van der Waals surface area contributed by atoms with Crippen molar-refractivity contribution in [1.29, 1.82) is 0 Å². The van der Waals surface area contributed by atoms with Crippen LogP contribution in [0.1, 0.15) is 18.3 Å². The van der Waals surface area contributed by atoms with E-state index >= 15 is 0 Å². The van der Waals surface area contributed by atoms with E-state index in [1.54, 1.807) is 12.1 Å². The zero-order valence-electron chi connectivity index (χ0n) is 10.4. The third kappa shape index (κ3) is 3.32. The molecule has 0 radical (unpaired) electrons. The lowest BCUT2D eigenvalue weighted by Gasteiger charge is -2.06. The van der Waals surface area contributed by atoms with E-state index in [0.717, 1.165) is 0 Å². The van der Waals surface area contributed by atoms with Gasteiger partial charge in [-0.25, -0.2) is 4.98 Å². The lowest BCUT2D eigenvalue weighted by atomic mass is 10.2. The zero-order chi connectivity index (χ0) is 14.9. The van der Waals surface area contributed by atoms with E-state index in [1.807, 2.05) is 0 Å². The van der Waals surface area contributed by atoms with Crippen molar-refractivity contribution in [1.82, 2.24) is 9.38 Å². The van der Waals surface area contributed by atoms with Gasteiger partial charge in [0.25, 0.3) is 0 Å². The predicted molar refractivity (Wildman–Crippen MR) is 71.2 cm³/mol. The highest BCUT2D eigenvalue weighted by atomic mass is 79.9. The molecule has 1 N–H and O–H groups in total. The Kier molecular flexibility index (Phi) is 4.06. The van der Waals surface area contributed by atoms with Crippen molar-refractivity contribution in [3.05, 3.63) is 34.2 Å². The molecule has 0 aromatic carbocycles. The summed E-state index contributed by atoms with van der Waals surface area (Å²) in [7, 11) is 0. The van der Waals surface area contributed by atoms with Gasteiger partial charge >= 0.3 is 6.18 Å². The molecule has 20 heavy (non-hydrogen) atoms. The fourth-order valence-corrected chi connectivity index (χ4v) is 2.15. The van der Waals surface area contributed by atoms with Crippen LogP contribution in [0.4, 0.5) is 13.2 Å². The molecule has 0 spiro atoms. The number of fused-ring (bicyclic) bond motifs is 1. The second-order valence-electron chi connectivity index (χ2n) is 4.19. The molecule has 2 heterocycles. The number of alkyl halides is 3. The maximum absolute atomic E-state index is 12.7. The molecule has 2 aromatic heterocycles. The Morgan fingerprint density at radius 3 is 2.80 bits per heavy atom. The van der Waals surface area contributed by atoms with Gasteiger partial charge in [-0.3, -0.25) is 0 Å². The van der Waals surface area contributed by atoms with Gasteiger partial charge in [0.15, 0.2) is 5.65 Å². The molecule has 2 aromatic rings. The van der Waals surface area contributed by atoms with E-state index in [0.29, 0.717) is 10.1 Å². The van der Waals surface area contributed by atoms with E-state index in [-0.39, 0.29) is 11.4 Å². The predicted octanol–water partition coefficient (Wildman–Crippen LogP) is 2.93. The van der Waals surface area contributed by atoms with Crippen molar-refractivity contribution in [2.75, 3.05) is 0 Å². The summed E-state index contributed by atoms with van der Waals surface area (Å²) in [5.41, 5.74) is 0.346. The van der Waals surface area contributed by atoms with Crippen LogP contribution >= 0.6 is 15.9 Å². The smallest absolute Gasteiger partial charge is 0.381 e. The number of rotatable bonds is 1. The maximum Gasteiger partial charge on any atom is 0.394 e. The second-order valence-corrected chi connectivity index (χ2v) is 5.05. The van der Waals surface area contributed by atoms with Crippen molar-refractivity contribution in [3.63, 3.8) is 0 Å². The van der Waals surface area contributed by atoms with Crippen molar-refractivity contribution < 1.29 is 18.3 Å². The number of aliphatic hydroxyl groups excluding tert-OH is 1. The quantitative estimate of drug-likeness (QED) is 0.806. The van der Waals surface area contributed by atoms with Gasteiger partial charge in [-0.1, -0.05) is 5.92 Å². The highest BCUT2D eigenvalue weighted by molar-refractivity contribution is 9.10. The number of nitrogens with zero attached hydrogens (tertiary/aromatic N) is 2. The summed E-state index contributed by atoms with van der Waals surface area (Å²) in [6, 6.07) is 3.30. The van der Waals surface area contributed by atoms with Gasteiger partial charge in [-0.15, -0.1) is 0 Å². The van der Waals surface area contributed by atoms with E-state index in [4.69, 9.17) is 5.11 Å². The molecule has 0 saturated heterocycles. The highest BCUT2D eigenvalue weighted by Gasteiger charge is 2.31. The van der Waals surface area contributed by atoms with Gasteiger partial charge < -0.3 is 9.51 Å². The van der Waals surface area contributed by atoms with Crippen LogP contribution < -0.4 is 0 Å². The van der Waals surface area contributed by atoms with Gasteiger partial charge in [0, 0.05) is 6.20 Å². The van der Waals surface area contributed by atoms with E-state index in [2.05, 4.69) is 32.8 Å². The van der Waals surface area contributed by atoms with Crippen LogP contribution in [0.2, 0.25) is 0 Å². The minimum atomic E-state index is -4.36. The highest BCUT2D eigenvalue weighted by Crippen LogP contribution is 2.26.